The Balaban J connectivity index is 2.03. The highest BCUT2D eigenvalue weighted by atomic mass is 32.1. The van der Waals surface area contributed by atoms with Crippen LogP contribution in [-0.4, -0.2) is 24.6 Å². The summed E-state index contributed by atoms with van der Waals surface area (Å²) in [4.78, 5) is 8.00. The molecule has 1 aromatic heterocycles. The van der Waals surface area contributed by atoms with Crippen LogP contribution in [0.4, 0.5) is 5.13 Å². The number of rotatable bonds is 2. The van der Waals surface area contributed by atoms with Crippen LogP contribution in [0.1, 0.15) is 11.3 Å². The number of nitrogens with two attached hydrogens (primary N) is 1. The van der Waals surface area contributed by atoms with E-state index in [-0.39, 0.29) is 0 Å². The minimum absolute atomic E-state index is 0.671. The SMILES string of the molecule is Cc1cnc(N2CCC(CN)C2)s1. The van der Waals surface area contributed by atoms with Gasteiger partial charge in [-0.2, -0.15) is 0 Å². The van der Waals surface area contributed by atoms with Gasteiger partial charge in [0.05, 0.1) is 0 Å². The van der Waals surface area contributed by atoms with Crippen molar-refractivity contribution in [2.75, 3.05) is 24.5 Å². The van der Waals surface area contributed by atoms with Crippen LogP contribution in [0, 0.1) is 12.8 Å². The Morgan fingerprint density at radius 1 is 1.77 bits per heavy atom. The van der Waals surface area contributed by atoms with Crippen molar-refractivity contribution in [3.63, 3.8) is 0 Å². The fourth-order valence-corrected chi connectivity index (χ4v) is 2.48. The van der Waals surface area contributed by atoms with Crippen molar-refractivity contribution < 1.29 is 0 Å². The summed E-state index contributed by atoms with van der Waals surface area (Å²) in [5.41, 5.74) is 5.64. The van der Waals surface area contributed by atoms with Crippen molar-refractivity contribution >= 4 is 16.5 Å². The molecule has 0 amide bonds. The second-order valence-electron chi connectivity index (χ2n) is 3.59. The highest BCUT2D eigenvalue weighted by Crippen LogP contribution is 2.26. The van der Waals surface area contributed by atoms with Crippen LogP contribution in [0.5, 0.6) is 0 Å². The molecule has 1 fully saturated rings. The van der Waals surface area contributed by atoms with Gasteiger partial charge in [-0.1, -0.05) is 0 Å². The summed E-state index contributed by atoms with van der Waals surface area (Å²) in [5.74, 6) is 0.671. The summed E-state index contributed by atoms with van der Waals surface area (Å²) in [6, 6.07) is 0. The number of aromatic nitrogens is 1. The molecule has 72 valence electrons. The number of nitrogens with zero attached hydrogens (tertiary/aromatic N) is 2. The van der Waals surface area contributed by atoms with Gasteiger partial charge in [-0.15, -0.1) is 11.3 Å². The van der Waals surface area contributed by atoms with E-state index in [9.17, 15) is 0 Å². The third-order valence-electron chi connectivity index (χ3n) is 2.50. The molecule has 0 bridgehead atoms. The summed E-state index contributed by atoms with van der Waals surface area (Å²) in [5, 5.41) is 1.16. The second kappa shape index (κ2) is 3.64. The van der Waals surface area contributed by atoms with Crippen LogP contribution in [0.15, 0.2) is 6.20 Å². The molecular weight excluding hydrogens is 182 g/mol. The van der Waals surface area contributed by atoms with Crippen molar-refractivity contribution in [2.24, 2.45) is 11.7 Å². The Morgan fingerprint density at radius 2 is 2.62 bits per heavy atom. The first-order valence-electron chi connectivity index (χ1n) is 4.67. The summed E-state index contributed by atoms with van der Waals surface area (Å²) in [6.45, 7) is 5.11. The lowest BCUT2D eigenvalue weighted by Gasteiger charge is -2.13. The standard InChI is InChI=1S/C9H15N3S/c1-7-5-11-9(13-7)12-3-2-8(4-10)6-12/h5,8H,2-4,6,10H2,1H3. The van der Waals surface area contributed by atoms with Gasteiger partial charge >= 0.3 is 0 Å². The molecule has 1 unspecified atom stereocenters. The van der Waals surface area contributed by atoms with Crippen molar-refractivity contribution in [3.8, 4) is 0 Å². The molecule has 0 radical (unpaired) electrons. The van der Waals surface area contributed by atoms with E-state index in [1.54, 1.807) is 11.3 Å². The molecule has 0 aliphatic carbocycles. The van der Waals surface area contributed by atoms with Gasteiger partial charge in [-0.05, 0) is 25.8 Å². The second-order valence-corrected chi connectivity index (χ2v) is 4.80. The Hall–Kier alpha value is -0.610. The zero-order valence-corrected chi connectivity index (χ0v) is 8.68. The number of hydrogen-bond acceptors (Lipinski definition) is 4. The topological polar surface area (TPSA) is 42.2 Å². The highest BCUT2D eigenvalue weighted by Gasteiger charge is 2.22. The van der Waals surface area contributed by atoms with Gasteiger partial charge in [-0.3, -0.25) is 0 Å². The van der Waals surface area contributed by atoms with Gasteiger partial charge in [0.1, 0.15) is 0 Å². The van der Waals surface area contributed by atoms with E-state index >= 15 is 0 Å². The summed E-state index contributed by atoms with van der Waals surface area (Å²) in [7, 11) is 0. The molecular formula is C9H15N3S. The number of hydrogen-bond donors (Lipinski definition) is 1. The highest BCUT2D eigenvalue weighted by molar-refractivity contribution is 7.15. The van der Waals surface area contributed by atoms with Crippen LogP contribution < -0.4 is 10.6 Å². The third-order valence-corrected chi connectivity index (χ3v) is 3.47. The maximum absolute atomic E-state index is 5.64. The van der Waals surface area contributed by atoms with E-state index in [1.165, 1.54) is 11.3 Å². The van der Waals surface area contributed by atoms with Crippen LogP contribution in [0.3, 0.4) is 0 Å². The van der Waals surface area contributed by atoms with Gasteiger partial charge in [0.2, 0.25) is 0 Å². The fraction of sp³-hybridized carbons (Fsp3) is 0.667. The number of thiazole rings is 1. The van der Waals surface area contributed by atoms with E-state index < -0.39 is 0 Å². The molecule has 1 aliphatic rings. The van der Waals surface area contributed by atoms with Crippen molar-refractivity contribution in [1.29, 1.82) is 0 Å². The first-order valence-corrected chi connectivity index (χ1v) is 5.48. The van der Waals surface area contributed by atoms with Gasteiger partial charge in [0, 0.05) is 24.2 Å². The number of anilines is 1. The molecule has 0 spiro atoms. The lowest BCUT2D eigenvalue weighted by Crippen LogP contribution is -2.22. The predicted molar refractivity (Wildman–Crippen MR) is 56.2 cm³/mol. The molecule has 1 atom stereocenters. The zero-order chi connectivity index (χ0) is 9.26. The van der Waals surface area contributed by atoms with Crippen molar-refractivity contribution in [1.82, 2.24) is 4.98 Å². The van der Waals surface area contributed by atoms with Crippen molar-refractivity contribution in [2.45, 2.75) is 13.3 Å². The first kappa shape index (κ1) is 8.97. The van der Waals surface area contributed by atoms with E-state index in [0.717, 1.165) is 24.8 Å². The molecule has 4 heteroatoms. The lowest BCUT2D eigenvalue weighted by atomic mass is 10.1. The quantitative estimate of drug-likeness (QED) is 0.775. The minimum atomic E-state index is 0.671. The molecule has 1 aromatic rings. The van der Waals surface area contributed by atoms with E-state index in [1.807, 2.05) is 6.20 Å². The molecule has 0 saturated carbocycles. The van der Waals surface area contributed by atoms with E-state index in [0.29, 0.717) is 5.92 Å². The predicted octanol–water partition coefficient (Wildman–Crippen LogP) is 1.24. The van der Waals surface area contributed by atoms with Crippen LogP contribution >= 0.6 is 11.3 Å². The first-order chi connectivity index (χ1) is 6.29. The molecule has 2 rings (SSSR count). The van der Waals surface area contributed by atoms with Crippen molar-refractivity contribution in [3.05, 3.63) is 11.1 Å². The van der Waals surface area contributed by atoms with Gasteiger partial charge < -0.3 is 10.6 Å². The molecule has 3 nitrogen and oxygen atoms in total. The van der Waals surface area contributed by atoms with Crippen LogP contribution in [-0.2, 0) is 0 Å². The van der Waals surface area contributed by atoms with Gasteiger partial charge in [-0.25, -0.2) is 4.98 Å². The summed E-state index contributed by atoms with van der Waals surface area (Å²) < 4.78 is 0. The maximum Gasteiger partial charge on any atom is 0.185 e. The zero-order valence-electron chi connectivity index (χ0n) is 7.86. The number of aryl methyl sites for hydroxylation is 1. The molecule has 2 heterocycles. The molecule has 2 N–H and O–H groups in total. The van der Waals surface area contributed by atoms with E-state index in [2.05, 4.69) is 16.8 Å². The Labute approximate surface area is 82.6 Å². The molecule has 0 aromatic carbocycles. The fourth-order valence-electron chi connectivity index (χ4n) is 1.69. The van der Waals surface area contributed by atoms with Gasteiger partial charge in [0.25, 0.3) is 0 Å². The average molecular weight is 197 g/mol. The van der Waals surface area contributed by atoms with Crippen LogP contribution in [0.25, 0.3) is 0 Å². The minimum Gasteiger partial charge on any atom is -0.348 e. The smallest absolute Gasteiger partial charge is 0.185 e. The van der Waals surface area contributed by atoms with E-state index in [4.69, 9.17) is 5.73 Å². The van der Waals surface area contributed by atoms with Gasteiger partial charge in [0.15, 0.2) is 5.13 Å². The third kappa shape index (κ3) is 1.84. The monoisotopic (exact) mass is 197 g/mol. The summed E-state index contributed by atoms with van der Waals surface area (Å²) >= 11 is 1.77. The Kier molecular flexibility index (Phi) is 2.51. The molecule has 13 heavy (non-hydrogen) atoms. The normalized spacial score (nSPS) is 22.6. The Bertz CT molecular complexity index is 284. The molecule has 1 saturated heterocycles. The average Bonchev–Trinajstić information content (AvgIpc) is 2.71. The lowest BCUT2D eigenvalue weighted by molar-refractivity contribution is 0.602. The van der Waals surface area contributed by atoms with Crippen LogP contribution in [0.2, 0.25) is 0 Å². The molecule has 1 aliphatic heterocycles. The largest absolute Gasteiger partial charge is 0.348 e. The summed E-state index contributed by atoms with van der Waals surface area (Å²) in [6.07, 6.45) is 3.16. The Morgan fingerprint density at radius 3 is 3.15 bits per heavy atom. The maximum atomic E-state index is 5.64.